The number of hydrogen-bond acceptors (Lipinski definition) is 5. The van der Waals surface area contributed by atoms with Gasteiger partial charge in [0.1, 0.15) is 11.5 Å². The number of Topliss-reactive ketones (excluding diaryl/α,β-unsaturated/α-hetero) is 1. The highest BCUT2D eigenvalue weighted by Crippen LogP contribution is 2.47. The first-order valence-electron chi connectivity index (χ1n) is 12.8. The number of carbonyl (C=O) groups is 1. The largest absolute Gasteiger partial charge is 0.497 e. The number of nitrogens with zero attached hydrogens (tertiary/aromatic N) is 1. The van der Waals surface area contributed by atoms with E-state index in [0.717, 1.165) is 59.1 Å². The van der Waals surface area contributed by atoms with Crippen LogP contribution in [-0.2, 0) is 11.2 Å². The van der Waals surface area contributed by atoms with Crippen molar-refractivity contribution in [2.45, 2.75) is 31.2 Å². The van der Waals surface area contributed by atoms with E-state index in [1.807, 2.05) is 36.4 Å². The molecule has 2 atom stereocenters. The van der Waals surface area contributed by atoms with Gasteiger partial charge in [0.15, 0.2) is 5.78 Å². The molecule has 0 saturated heterocycles. The molecule has 37 heavy (non-hydrogen) atoms. The van der Waals surface area contributed by atoms with Crippen molar-refractivity contribution in [3.63, 3.8) is 0 Å². The molecule has 6 rings (SSSR count). The van der Waals surface area contributed by atoms with Gasteiger partial charge in [-0.3, -0.25) is 4.79 Å². The van der Waals surface area contributed by atoms with Crippen molar-refractivity contribution in [2.24, 2.45) is 0 Å². The fraction of sp³-hybridized carbons (Fsp3) is 0.219. The molecule has 186 valence electrons. The summed E-state index contributed by atoms with van der Waals surface area (Å²) in [5.41, 5.74) is 6.28. The molecule has 2 heterocycles. The van der Waals surface area contributed by atoms with E-state index in [4.69, 9.17) is 9.15 Å². The van der Waals surface area contributed by atoms with Gasteiger partial charge in [-0.05, 0) is 60.4 Å². The summed E-state index contributed by atoms with van der Waals surface area (Å²) in [7, 11) is 1.67. The summed E-state index contributed by atoms with van der Waals surface area (Å²) >= 11 is 0. The number of allylic oxidation sites excluding steroid dienone is 1. The van der Waals surface area contributed by atoms with Crippen LogP contribution in [0.5, 0.6) is 5.75 Å². The van der Waals surface area contributed by atoms with Crippen LogP contribution in [0, 0.1) is 0 Å². The summed E-state index contributed by atoms with van der Waals surface area (Å²) < 4.78 is 11.2. The van der Waals surface area contributed by atoms with E-state index >= 15 is 0 Å². The van der Waals surface area contributed by atoms with Crippen LogP contribution in [0.25, 0.3) is 0 Å². The van der Waals surface area contributed by atoms with Crippen molar-refractivity contribution >= 4 is 17.2 Å². The molecule has 0 radical (unpaired) electrons. The quantitative estimate of drug-likeness (QED) is 0.318. The van der Waals surface area contributed by atoms with Crippen LogP contribution in [0.1, 0.15) is 41.7 Å². The first kappa shape index (κ1) is 23.2. The Balaban J connectivity index is 1.48. The standard InChI is InChI=1S/C32H30N2O3/c1-36-25-15-13-23(14-16-25)32-31-27(20-24(21-29(31)35)30-12-7-19-37-30)33-26-10-5-6-11-28(26)34(32)18-17-22-8-3-2-4-9-22/h2-16,19,24,32-33H,17-18,20-21H2,1H3/t24-,32+/m1/s1. The van der Waals surface area contributed by atoms with Crippen LogP contribution < -0.4 is 15.0 Å². The summed E-state index contributed by atoms with van der Waals surface area (Å²) in [6, 6.07) is 30.7. The number of methoxy groups -OCH3 is 1. The number of nitrogens with one attached hydrogen (secondary N) is 1. The van der Waals surface area contributed by atoms with E-state index in [2.05, 4.69) is 64.8 Å². The van der Waals surface area contributed by atoms with Gasteiger partial charge in [0.05, 0.1) is 30.8 Å². The predicted molar refractivity (Wildman–Crippen MR) is 146 cm³/mol. The third-order valence-electron chi connectivity index (χ3n) is 7.45. The molecule has 2 aliphatic rings. The molecule has 0 fully saturated rings. The Morgan fingerprint density at radius 3 is 2.46 bits per heavy atom. The average molecular weight is 491 g/mol. The molecule has 0 amide bonds. The minimum Gasteiger partial charge on any atom is -0.497 e. The van der Waals surface area contributed by atoms with Gasteiger partial charge in [-0.2, -0.15) is 0 Å². The van der Waals surface area contributed by atoms with Crippen molar-refractivity contribution in [3.8, 4) is 5.75 Å². The molecular weight excluding hydrogens is 460 g/mol. The number of fused-ring (bicyclic) bond motifs is 1. The Labute approximate surface area is 217 Å². The summed E-state index contributed by atoms with van der Waals surface area (Å²) in [4.78, 5) is 16.4. The highest BCUT2D eigenvalue weighted by Gasteiger charge is 2.39. The van der Waals surface area contributed by atoms with Gasteiger partial charge in [0, 0.05) is 30.2 Å². The van der Waals surface area contributed by atoms with Crippen LogP contribution in [0.15, 0.2) is 113 Å². The number of anilines is 2. The molecule has 1 aliphatic carbocycles. The number of hydrogen-bond donors (Lipinski definition) is 1. The zero-order valence-electron chi connectivity index (χ0n) is 20.9. The highest BCUT2D eigenvalue weighted by atomic mass is 16.5. The van der Waals surface area contributed by atoms with Gasteiger partial charge in [0.25, 0.3) is 0 Å². The third kappa shape index (κ3) is 4.53. The van der Waals surface area contributed by atoms with E-state index < -0.39 is 0 Å². The zero-order chi connectivity index (χ0) is 25.2. The monoisotopic (exact) mass is 490 g/mol. The second kappa shape index (κ2) is 10.0. The van der Waals surface area contributed by atoms with Crippen LogP contribution in [-0.4, -0.2) is 19.4 Å². The predicted octanol–water partition coefficient (Wildman–Crippen LogP) is 6.90. The molecule has 1 aliphatic heterocycles. The third-order valence-corrected chi connectivity index (χ3v) is 7.45. The SMILES string of the molecule is COc1ccc([C@H]2C3=C(C[C@@H](c4ccco4)CC3=O)Nc3ccccc3N2CCc2ccccc2)cc1. The van der Waals surface area contributed by atoms with Crippen molar-refractivity contribution in [1.29, 1.82) is 0 Å². The first-order chi connectivity index (χ1) is 18.2. The second-order valence-corrected chi connectivity index (χ2v) is 9.68. The van der Waals surface area contributed by atoms with Gasteiger partial charge in [0.2, 0.25) is 0 Å². The van der Waals surface area contributed by atoms with Gasteiger partial charge in [-0.25, -0.2) is 0 Å². The van der Waals surface area contributed by atoms with E-state index in [0.29, 0.717) is 6.42 Å². The molecular formula is C32H30N2O3. The Bertz CT molecular complexity index is 1410. The van der Waals surface area contributed by atoms with E-state index in [1.165, 1.54) is 5.56 Å². The fourth-order valence-corrected chi connectivity index (χ4v) is 5.66. The number of carbonyl (C=O) groups excluding carboxylic acids is 1. The Morgan fingerprint density at radius 1 is 0.919 bits per heavy atom. The molecule has 5 nitrogen and oxygen atoms in total. The smallest absolute Gasteiger partial charge is 0.163 e. The Hall–Kier alpha value is -4.25. The normalized spacial score (nSPS) is 19.1. The number of benzene rings is 3. The number of rotatable bonds is 6. The minimum atomic E-state index is -0.217. The lowest BCUT2D eigenvalue weighted by Crippen LogP contribution is -2.35. The molecule has 5 heteroatoms. The van der Waals surface area contributed by atoms with Crippen LogP contribution in [0.3, 0.4) is 0 Å². The molecule has 0 bridgehead atoms. The summed E-state index contributed by atoms with van der Waals surface area (Å²) in [5, 5.41) is 3.68. The number of ketones is 1. The summed E-state index contributed by atoms with van der Waals surface area (Å²) in [5.74, 6) is 1.84. The zero-order valence-corrected chi connectivity index (χ0v) is 20.9. The maximum atomic E-state index is 14.0. The lowest BCUT2D eigenvalue weighted by atomic mass is 9.80. The van der Waals surface area contributed by atoms with Crippen molar-refractivity contribution in [3.05, 3.63) is 125 Å². The topological polar surface area (TPSA) is 54.7 Å². The van der Waals surface area contributed by atoms with Crippen LogP contribution in [0.4, 0.5) is 11.4 Å². The Kier molecular flexibility index (Phi) is 6.27. The van der Waals surface area contributed by atoms with Gasteiger partial charge in [-0.15, -0.1) is 0 Å². The number of para-hydroxylation sites is 2. The summed E-state index contributed by atoms with van der Waals surface area (Å²) in [6.45, 7) is 0.769. The molecule has 4 aromatic rings. The van der Waals surface area contributed by atoms with Crippen molar-refractivity contribution in [2.75, 3.05) is 23.9 Å². The lowest BCUT2D eigenvalue weighted by Gasteiger charge is -2.36. The molecule has 3 aromatic carbocycles. The van der Waals surface area contributed by atoms with Crippen LogP contribution in [0.2, 0.25) is 0 Å². The van der Waals surface area contributed by atoms with Crippen molar-refractivity contribution < 1.29 is 13.9 Å². The minimum absolute atomic E-state index is 0.0216. The first-order valence-corrected chi connectivity index (χ1v) is 12.8. The van der Waals surface area contributed by atoms with Crippen LogP contribution >= 0.6 is 0 Å². The molecule has 0 unspecified atom stereocenters. The Morgan fingerprint density at radius 2 is 1.70 bits per heavy atom. The van der Waals surface area contributed by atoms with E-state index in [9.17, 15) is 4.79 Å². The van der Waals surface area contributed by atoms with Gasteiger partial charge in [-0.1, -0.05) is 54.6 Å². The fourth-order valence-electron chi connectivity index (χ4n) is 5.66. The second-order valence-electron chi connectivity index (χ2n) is 9.68. The van der Waals surface area contributed by atoms with E-state index in [-0.39, 0.29) is 17.7 Å². The van der Waals surface area contributed by atoms with E-state index in [1.54, 1.807) is 13.4 Å². The number of furan rings is 1. The highest BCUT2D eigenvalue weighted by molar-refractivity contribution is 6.01. The molecule has 1 N–H and O–H groups in total. The lowest BCUT2D eigenvalue weighted by molar-refractivity contribution is -0.116. The molecule has 1 aromatic heterocycles. The van der Waals surface area contributed by atoms with Gasteiger partial charge < -0.3 is 19.4 Å². The number of ether oxygens (including phenoxy) is 1. The molecule has 0 saturated carbocycles. The van der Waals surface area contributed by atoms with Crippen molar-refractivity contribution in [1.82, 2.24) is 0 Å². The average Bonchev–Trinajstić information content (AvgIpc) is 3.44. The van der Waals surface area contributed by atoms with Gasteiger partial charge >= 0.3 is 0 Å². The maximum absolute atomic E-state index is 14.0. The maximum Gasteiger partial charge on any atom is 0.163 e. The summed E-state index contributed by atoms with van der Waals surface area (Å²) in [6.07, 6.45) is 3.71. The molecule has 0 spiro atoms.